The second-order valence-corrected chi connectivity index (χ2v) is 8.18. The van der Waals surface area contributed by atoms with Crippen LogP contribution in [0.3, 0.4) is 0 Å². The summed E-state index contributed by atoms with van der Waals surface area (Å²) in [5.41, 5.74) is 2.69. The van der Waals surface area contributed by atoms with Crippen LogP contribution in [0.1, 0.15) is 18.3 Å². The van der Waals surface area contributed by atoms with E-state index in [1.165, 1.54) is 0 Å². The largest absolute Gasteiger partial charge is 0.377 e. The number of hydrogen-bond donors (Lipinski definition) is 0. The molecule has 1 amide bonds. The van der Waals surface area contributed by atoms with Gasteiger partial charge in [0, 0.05) is 38.2 Å². The first-order valence-electron chi connectivity index (χ1n) is 10.9. The lowest BCUT2D eigenvalue weighted by molar-refractivity contribution is -0.132. The summed E-state index contributed by atoms with van der Waals surface area (Å²) < 4.78 is 7.34. The summed E-state index contributed by atoms with van der Waals surface area (Å²) >= 11 is 0. The highest BCUT2D eigenvalue weighted by molar-refractivity contribution is 5.92. The quantitative estimate of drug-likeness (QED) is 0.485. The third kappa shape index (κ3) is 3.67. The lowest BCUT2D eigenvalue weighted by Crippen LogP contribution is -2.55. The number of para-hydroxylation sites is 1. The first kappa shape index (κ1) is 20.4. The molecule has 8 heteroatoms. The lowest BCUT2D eigenvalue weighted by Gasteiger charge is -2.40. The summed E-state index contributed by atoms with van der Waals surface area (Å²) in [4.78, 5) is 22.1. The van der Waals surface area contributed by atoms with Crippen molar-refractivity contribution in [2.45, 2.75) is 26.0 Å². The number of fused-ring (bicyclic) bond motifs is 3. The minimum Gasteiger partial charge on any atom is -0.377 e. The SMILES string of the molecule is COCc1nnc2c3ccccc3nc(N3CCN(C(=O)Cc4ccccc4)C(C)C3)n12. The lowest BCUT2D eigenvalue weighted by atomic mass is 10.1. The molecule has 0 N–H and O–H groups in total. The summed E-state index contributed by atoms with van der Waals surface area (Å²) in [5, 5.41) is 9.74. The maximum atomic E-state index is 13.0. The summed E-state index contributed by atoms with van der Waals surface area (Å²) in [5.74, 6) is 1.66. The van der Waals surface area contributed by atoms with E-state index in [0.29, 0.717) is 38.5 Å². The highest BCUT2D eigenvalue weighted by atomic mass is 16.5. The molecule has 0 aliphatic carbocycles. The molecule has 2 aromatic heterocycles. The Morgan fingerprint density at radius 1 is 1.06 bits per heavy atom. The standard InChI is InChI=1S/C24H26N6O2/c1-17-15-28(12-13-29(17)22(31)14-18-8-4-3-5-9-18)24-25-20-11-7-6-10-19(20)23-27-26-21(16-32-2)30(23)24/h3-11,17H,12-16H2,1-2H3. The van der Waals surface area contributed by atoms with Gasteiger partial charge in [0.1, 0.15) is 6.61 Å². The third-order valence-electron chi connectivity index (χ3n) is 6.00. The van der Waals surface area contributed by atoms with Crippen LogP contribution in [0.15, 0.2) is 54.6 Å². The number of piperazine rings is 1. The molecule has 1 aliphatic heterocycles. The number of nitrogens with zero attached hydrogens (tertiary/aromatic N) is 6. The van der Waals surface area contributed by atoms with E-state index in [4.69, 9.17) is 9.72 Å². The Kier molecular flexibility index (Phi) is 5.45. The van der Waals surface area contributed by atoms with Gasteiger partial charge in [-0.05, 0) is 24.6 Å². The Bertz CT molecular complexity index is 1260. The van der Waals surface area contributed by atoms with Crippen LogP contribution in [-0.2, 0) is 22.6 Å². The van der Waals surface area contributed by atoms with Gasteiger partial charge in [0.05, 0.1) is 11.9 Å². The molecule has 164 valence electrons. The first-order valence-corrected chi connectivity index (χ1v) is 10.9. The zero-order valence-electron chi connectivity index (χ0n) is 18.3. The zero-order chi connectivity index (χ0) is 22.1. The Morgan fingerprint density at radius 3 is 2.62 bits per heavy atom. The second-order valence-electron chi connectivity index (χ2n) is 8.18. The van der Waals surface area contributed by atoms with Gasteiger partial charge in [-0.25, -0.2) is 9.38 Å². The fraction of sp³-hybridized carbons (Fsp3) is 0.333. The van der Waals surface area contributed by atoms with E-state index >= 15 is 0 Å². The number of amides is 1. The van der Waals surface area contributed by atoms with Gasteiger partial charge in [0.25, 0.3) is 0 Å². The van der Waals surface area contributed by atoms with Gasteiger partial charge >= 0.3 is 0 Å². The number of benzene rings is 2. The van der Waals surface area contributed by atoms with Gasteiger partial charge in [-0.15, -0.1) is 10.2 Å². The molecule has 0 spiro atoms. The summed E-state index contributed by atoms with van der Waals surface area (Å²) in [6.07, 6.45) is 0.424. The Balaban J connectivity index is 1.44. The van der Waals surface area contributed by atoms with Crippen molar-refractivity contribution in [1.82, 2.24) is 24.5 Å². The fourth-order valence-electron chi connectivity index (χ4n) is 4.44. The number of rotatable bonds is 5. The maximum Gasteiger partial charge on any atom is 0.227 e. The highest BCUT2D eigenvalue weighted by Crippen LogP contribution is 2.26. The number of hydrogen-bond acceptors (Lipinski definition) is 6. The van der Waals surface area contributed by atoms with Crippen LogP contribution >= 0.6 is 0 Å². The number of anilines is 1. The Labute approximate surface area is 186 Å². The summed E-state index contributed by atoms with van der Waals surface area (Å²) in [6.45, 7) is 4.46. The molecule has 1 atom stereocenters. The number of ether oxygens (including phenoxy) is 1. The fourth-order valence-corrected chi connectivity index (χ4v) is 4.44. The van der Waals surface area contributed by atoms with Crippen molar-refractivity contribution in [3.63, 3.8) is 0 Å². The van der Waals surface area contributed by atoms with Crippen LogP contribution in [0.5, 0.6) is 0 Å². The summed E-state index contributed by atoms with van der Waals surface area (Å²) in [7, 11) is 1.65. The minimum atomic E-state index is 0.0608. The summed E-state index contributed by atoms with van der Waals surface area (Å²) in [6, 6.07) is 17.9. The minimum absolute atomic E-state index is 0.0608. The molecule has 3 heterocycles. The normalized spacial score (nSPS) is 16.8. The molecular formula is C24H26N6O2. The van der Waals surface area contributed by atoms with Gasteiger partial charge in [0.2, 0.25) is 11.9 Å². The maximum absolute atomic E-state index is 13.0. The molecule has 5 rings (SSSR count). The molecule has 1 saturated heterocycles. The number of carbonyl (C=O) groups excluding carboxylic acids is 1. The van der Waals surface area contributed by atoms with E-state index in [1.54, 1.807) is 7.11 Å². The van der Waals surface area contributed by atoms with Crippen LogP contribution < -0.4 is 4.90 Å². The topological polar surface area (TPSA) is 75.9 Å². The molecule has 8 nitrogen and oxygen atoms in total. The van der Waals surface area contributed by atoms with Crippen molar-refractivity contribution >= 4 is 28.4 Å². The predicted molar refractivity (Wildman–Crippen MR) is 123 cm³/mol. The molecule has 1 unspecified atom stereocenters. The van der Waals surface area contributed by atoms with Gasteiger partial charge in [0.15, 0.2) is 11.5 Å². The van der Waals surface area contributed by atoms with Gasteiger partial charge in [-0.3, -0.25) is 4.79 Å². The first-order chi connectivity index (χ1) is 15.7. The van der Waals surface area contributed by atoms with E-state index in [2.05, 4.69) is 22.0 Å². The smallest absolute Gasteiger partial charge is 0.227 e. The van der Waals surface area contributed by atoms with Gasteiger partial charge in [-0.1, -0.05) is 42.5 Å². The van der Waals surface area contributed by atoms with Crippen LogP contribution in [0.25, 0.3) is 16.6 Å². The van der Waals surface area contributed by atoms with Crippen molar-refractivity contribution < 1.29 is 9.53 Å². The number of methoxy groups -OCH3 is 1. The van der Waals surface area contributed by atoms with E-state index < -0.39 is 0 Å². The molecule has 2 aromatic carbocycles. The molecule has 0 bridgehead atoms. The number of aromatic nitrogens is 4. The average Bonchev–Trinajstić information content (AvgIpc) is 3.23. The van der Waals surface area contributed by atoms with Crippen LogP contribution in [0.2, 0.25) is 0 Å². The van der Waals surface area contributed by atoms with Crippen molar-refractivity contribution in [2.24, 2.45) is 0 Å². The Hall–Kier alpha value is -3.52. The van der Waals surface area contributed by atoms with Crippen LogP contribution in [-0.4, -0.2) is 63.2 Å². The monoisotopic (exact) mass is 430 g/mol. The molecule has 32 heavy (non-hydrogen) atoms. The van der Waals surface area contributed by atoms with E-state index in [1.807, 2.05) is 63.9 Å². The third-order valence-corrected chi connectivity index (χ3v) is 6.00. The zero-order valence-corrected chi connectivity index (χ0v) is 18.3. The number of carbonyl (C=O) groups is 1. The molecule has 0 saturated carbocycles. The Morgan fingerprint density at radius 2 is 1.84 bits per heavy atom. The van der Waals surface area contributed by atoms with Gasteiger partial charge < -0.3 is 14.5 Å². The molecule has 1 fully saturated rings. The van der Waals surface area contributed by atoms with Crippen LogP contribution in [0.4, 0.5) is 5.95 Å². The second kappa shape index (κ2) is 8.55. The van der Waals surface area contributed by atoms with Crippen molar-refractivity contribution in [3.05, 3.63) is 66.0 Å². The molecular weight excluding hydrogens is 404 g/mol. The van der Waals surface area contributed by atoms with Gasteiger partial charge in [-0.2, -0.15) is 0 Å². The van der Waals surface area contributed by atoms with Crippen molar-refractivity contribution in [1.29, 1.82) is 0 Å². The molecule has 1 aliphatic rings. The van der Waals surface area contributed by atoms with E-state index in [-0.39, 0.29) is 11.9 Å². The van der Waals surface area contributed by atoms with Crippen molar-refractivity contribution in [3.8, 4) is 0 Å². The van der Waals surface area contributed by atoms with E-state index in [9.17, 15) is 4.79 Å². The van der Waals surface area contributed by atoms with Crippen molar-refractivity contribution in [2.75, 3.05) is 31.6 Å². The van der Waals surface area contributed by atoms with E-state index in [0.717, 1.165) is 28.1 Å². The molecule has 4 aromatic rings. The predicted octanol–water partition coefficient (Wildman–Crippen LogP) is 2.70. The average molecular weight is 431 g/mol. The molecule has 0 radical (unpaired) electrons. The van der Waals surface area contributed by atoms with Crippen LogP contribution in [0, 0.1) is 0 Å². The highest BCUT2D eigenvalue weighted by Gasteiger charge is 2.30.